The molecule has 0 spiro atoms. The van der Waals surface area contributed by atoms with Gasteiger partial charge < -0.3 is 4.74 Å². The molecule has 17 heavy (non-hydrogen) atoms. The summed E-state index contributed by atoms with van der Waals surface area (Å²) in [5.74, 6) is -0.163. The number of ether oxygens (including phenoxy) is 1. The minimum atomic E-state index is -0.163. The molecule has 0 bridgehead atoms. The molecule has 1 rings (SSSR count). The van der Waals surface area contributed by atoms with Crippen molar-refractivity contribution in [2.24, 2.45) is 0 Å². The molecule has 1 aromatic rings. The summed E-state index contributed by atoms with van der Waals surface area (Å²) in [5, 5.41) is 0. The molecule has 2 heteroatoms. The molecule has 0 aliphatic carbocycles. The van der Waals surface area contributed by atoms with Crippen LogP contribution in [0.4, 0.5) is 0 Å². The van der Waals surface area contributed by atoms with E-state index >= 15 is 0 Å². The topological polar surface area (TPSA) is 26.3 Å². The van der Waals surface area contributed by atoms with Gasteiger partial charge in [0.2, 0.25) is 0 Å². The third-order valence-electron chi connectivity index (χ3n) is 2.54. The maximum atomic E-state index is 11.5. The van der Waals surface area contributed by atoms with Crippen molar-refractivity contribution in [1.29, 1.82) is 0 Å². The van der Waals surface area contributed by atoms with Crippen molar-refractivity contribution >= 4 is 5.97 Å². The second kappa shape index (κ2) is 5.35. The predicted octanol–water partition coefficient (Wildman–Crippen LogP) is 3.48. The van der Waals surface area contributed by atoms with Gasteiger partial charge in [-0.15, -0.1) is 0 Å². The Kier molecular flexibility index (Phi) is 4.33. The molecule has 0 N–H and O–H groups in total. The molecule has 0 saturated carbocycles. The summed E-state index contributed by atoms with van der Waals surface area (Å²) in [4.78, 5) is 11.5. The van der Waals surface area contributed by atoms with Crippen LogP contribution < -0.4 is 0 Å². The molecule has 1 aromatic carbocycles. The minimum Gasteiger partial charge on any atom is -0.463 e. The van der Waals surface area contributed by atoms with Gasteiger partial charge in [0.1, 0.15) is 0 Å². The Balaban J connectivity index is 2.66. The maximum absolute atomic E-state index is 11.5. The van der Waals surface area contributed by atoms with Gasteiger partial charge in [-0.2, -0.15) is 0 Å². The molecule has 0 aromatic heterocycles. The summed E-state index contributed by atoms with van der Waals surface area (Å²) in [6, 6.07) is 8.17. The fourth-order valence-electron chi connectivity index (χ4n) is 1.59. The van der Waals surface area contributed by atoms with E-state index in [0.29, 0.717) is 6.42 Å². The van der Waals surface area contributed by atoms with E-state index in [1.165, 1.54) is 5.56 Å². The molecule has 0 aliphatic rings. The van der Waals surface area contributed by atoms with Crippen LogP contribution >= 0.6 is 0 Å². The number of benzene rings is 1. The van der Waals surface area contributed by atoms with E-state index in [1.54, 1.807) is 0 Å². The van der Waals surface area contributed by atoms with Gasteiger partial charge in [-0.25, -0.2) is 0 Å². The Morgan fingerprint density at radius 2 is 1.71 bits per heavy atom. The Bertz CT molecular complexity index is 369. The van der Waals surface area contributed by atoms with E-state index in [4.69, 9.17) is 4.74 Å². The summed E-state index contributed by atoms with van der Waals surface area (Å²) in [6.07, 6.45) is 0.305. The zero-order valence-corrected chi connectivity index (χ0v) is 11.4. The zero-order chi connectivity index (χ0) is 13.1. The second-order valence-corrected chi connectivity index (χ2v) is 5.66. The largest absolute Gasteiger partial charge is 0.463 e. The molecule has 0 atom stereocenters. The van der Waals surface area contributed by atoms with Crippen LogP contribution in [0.25, 0.3) is 0 Å². The number of hydrogen-bond donors (Lipinski definition) is 0. The average molecular weight is 234 g/mol. The van der Waals surface area contributed by atoms with Gasteiger partial charge in [-0.05, 0) is 30.4 Å². The van der Waals surface area contributed by atoms with Crippen LogP contribution in [0.15, 0.2) is 24.3 Å². The van der Waals surface area contributed by atoms with Crippen LogP contribution in [0, 0.1) is 0 Å². The van der Waals surface area contributed by atoms with E-state index in [-0.39, 0.29) is 17.5 Å². The lowest BCUT2D eigenvalue weighted by Crippen LogP contribution is -2.14. The Hall–Kier alpha value is -1.31. The molecule has 94 valence electrons. The van der Waals surface area contributed by atoms with Crippen molar-refractivity contribution < 1.29 is 9.53 Å². The molecule has 2 nitrogen and oxygen atoms in total. The minimum absolute atomic E-state index is 0.0450. The maximum Gasteiger partial charge on any atom is 0.310 e. The normalized spacial score (nSPS) is 11.6. The smallest absolute Gasteiger partial charge is 0.310 e. The molecule has 0 amide bonds. The molecule has 0 radical (unpaired) electrons. The van der Waals surface area contributed by atoms with Crippen molar-refractivity contribution in [3.8, 4) is 0 Å². The highest BCUT2D eigenvalue weighted by atomic mass is 16.5. The zero-order valence-electron chi connectivity index (χ0n) is 11.4. The first-order valence-corrected chi connectivity index (χ1v) is 6.08. The highest BCUT2D eigenvalue weighted by Crippen LogP contribution is 2.22. The van der Waals surface area contributed by atoms with E-state index in [0.717, 1.165) is 5.56 Å². The first kappa shape index (κ1) is 13.8. The standard InChI is InChI=1S/C15H22O2/c1-11(2)17-14(16)10-12-6-8-13(9-7-12)15(3,4)5/h6-9,11H,10H2,1-5H3. The lowest BCUT2D eigenvalue weighted by molar-refractivity contribution is -0.146. The molecular formula is C15H22O2. The van der Waals surface area contributed by atoms with Crippen LogP contribution in [-0.2, 0) is 21.4 Å². The molecule has 0 heterocycles. The summed E-state index contributed by atoms with van der Waals surface area (Å²) in [7, 11) is 0. The summed E-state index contributed by atoms with van der Waals surface area (Å²) < 4.78 is 5.11. The Morgan fingerprint density at radius 1 is 1.18 bits per heavy atom. The van der Waals surface area contributed by atoms with Crippen molar-refractivity contribution in [3.63, 3.8) is 0 Å². The van der Waals surface area contributed by atoms with E-state index in [1.807, 2.05) is 26.0 Å². The van der Waals surface area contributed by atoms with Crippen LogP contribution in [0.1, 0.15) is 45.7 Å². The van der Waals surface area contributed by atoms with Crippen LogP contribution in [-0.4, -0.2) is 12.1 Å². The van der Waals surface area contributed by atoms with Gasteiger partial charge >= 0.3 is 5.97 Å². The Morgan fingerprint density at radius 3 is 2.12 bits per heavy atom. The van der Waals surface area contributed by atoms with Gasteiger partial charge in [0.05, 0.1) is 12.5 Å². The number of hydrogen-bond acceptors (Lipinski definition) is 2. The highest BCUT2D eigenvalue weighted by Gasteiger charge is 2.13. The van der Waals surface area contributed by atoms with Crippen molar-refractivity contribution in [2.45, 2.75) is 52.6 Å². The number of carbonyl (C=O) groups excluding carboxylic acids is 1. The molecule has 0 fully saturated rings. The van der Waals surface area contributed by atoms with E-state index < -0.39 is 0 Å². The summed E-state index contributed by atoms with van der Waals surface area (Å²) >= 11 is 0. The van der Waals surface area contributed by atoms with Crippen LogP contribution in [0.2, 0.25) is 0 Å². The van der Waals surface area contributed by atoms with Crippen molar-refractivity contribution in [2.75, 3.05) is 0 Å². The molecule has 0 unspecified atom stereocenters. The fraction of sp³-hybridized carbons (Fsp3) is 0.533. The lowest BCUT2D eigenvalue weighted by Gasteiger charge is -2.19. The predicted molar refractivity (Wildman–Crippen MR) is 70.1 cm³/mol. The fourth-order valence-corrected chi connectivity index (χ4v) is 1.59. The van der Waals surface area contributed by atoms with Gasteiger partial charge in [-0.1, -0.05) is 45.0 Å². The SMILES string of the molecule is CC(C)OC(=O)Cc1ccc(C(C)(C)C)cc1. The average Bonchev–Trinajstić information content (AvgIpc) is 2.15. The Labute approximate surface area is 104 Å². The third kappa shape index (κ3) is 4.59. The van der Waals surface area contributed by atoms with E-state index in [2.05, 4.69) is 32.9 Å². The summed E-state index contributed by atoms with van der Waals surface area (Å²) in [5.41, 5.74) is 2.43. The van der Waals surface area contributed by atoms with Crippen LogP contribution in [0.5, 0.6) is 0 Å². The monoisotopic (exact) mass is 234 g/mol. The quantitative estimate of drug-likeness (QED) is 0.748. The van der Waals surface area contributed by atoms with Crippen molar-refractivity contribution in [3.05, 3.63) is 35.4 Å². The highest BCUT2D eigenvalue weighted by molar-refractivity contribution is 5.72. The first-order chi connectivity index (χ1) is 7.79. The summed E-state index contributed by atoms with van der Waals surface area (Å²) in [6.45, 7) is 10.3. The second-order valence-electron chi connectivity index (χ2n) is 5.66. The van der Waals surface area contributed by atoms with Gasteiger partial charge in [0.25, 0.3) is 0 Å². The van der Waals surface area contributed by atoms with E-state index in [9.17, 15) is 4.79 Å². The number of esters is 1. The van der Waals surface area contributed by atoms with Gasteiger partial charge in [0.15, 0.2) is 0 Å². The van der Waals surface area contributed by atoms with Gasteiger partial charge in [0, 0.05) is 0 Å². The number of rotatable bonds is 3. The lowest BCUT2D eigenvalue weighted by atomic mass is 9.86. The first-order valence-electron chi connectivity index (χ1n) is 6.08. The van der Waals surface area contributed by atoms with Crippen molar-refractivity contribution in [1.82, 2.24) is 0 Å². The third-order valence-corrected chi connectivity index (χ3v) is 2.54. The van der Waals surface area contributed by atoms with Gasteiger partial charge in [-0.3, -0.25) is 4.79 Å². The molecule has 0 aliphatic heterocycles. The number of carbonyl (C=O) groups is 1. The van der Waals surface area contributed by atoms with Crippen LogP contribution in [0.3, 0.4) is 0 Å². The molecule has 0 saturated heterocycles. The molecular weight excluding hydrogens is 212 g/mol.